The van der Waals surface area contributed by atoms with Crippen molar-refractivity contribution in [3.05, 3.63) is 17.0 Å². The molecule has 0 saturated carbocycles. The maximum Gasteiger partial charge on any atom is 0.232 e. The lowest BCUT2D eigenvalue weighted by molar-refractivity contribution is -0.130. The molecule has 0 N–H and O–H groups in total. The molecule has 0 unspecified atom stereocenters. The van der Waals surface area contributed by atoms with Gasteiger partial charge in [0.25, 0.3) is 0 Å². The van der Waals surface area contributed by atoms with Crippen LogP contribution in [0.4, 0.5) is 0 Å². The topological polar surface area (TPSA) is 80.5 Å². The van der Waals surface area contributed by atoms with E-state index < -0.39 is 9.84 Å². The number of nitrogens with zero attached hydrogens (tertiary/aromatic N) is 2. The molecule has 1 atom stereocenters. The fourth-order valence-corrected chi connectivity index (χ4v) is 5.59. The van der Waals surface area contributed by atoms with Crippen molar-refractivity contribution in [2.24, 2.45) is 0 Å². The Hall–Kier alpha value is -1.02. The predicted molar refractivity (Wildman–Crippen MR) is 91.2 cm³/mol. The van der Waals surface area contributed by atoms with Gasteiger partial charge in [-0.3, -0.25) is 4.79 Å². The summed E-state index contributed by atoms with van der Waals surface area (Å²) in [7, 11) is -2.98. The zero-order valence-corrected chi connectivity index (χ0v) is 15.5. The molecule has 130 valence electrons. The molecule has 1 aliphatic heterocycles. The Bertz CT molecular complexity index is 635. The fraction of sp³-hybridized carbons (Fsp3) is 0.733. The van der Waals surface area contributed by atoms with Crippen molar-refractivity contribution < 1.29 is 17.7 Å². The number of amides is 1. The Morgan fingerprint density at radius 1 is 1.43 bits per heavy atom. The van der Waals surface area contributed by atoms with Crippen molar-refractivity contribution in [2.75, 3.05) is 23.8 Å². The summed E-state index contributed by atoms with van der Waals surface area (Å²) in [6.07, 6.45) is 1.39. The monoisotopic (exact) mass is 360 g/mol. The lowest BCUT2D eigenvalue weighted by Crippen LogP contribution is -2.42. The van der Waals surface area contributed by atoms with E-state index in [4.69, 9.17) is 4.52 Å². The highest BCUT2D eigenvalue weighted by Crippen LogP contribution is 2.22. The van der Waals surface area contributed by atoms with Crippen LogP contribution in [-0.4, -0.2) is 54.2 Å². The highest BCUT2D eigenvalue weighted by Gasteiger charge is 2.34. The Morgan fingerprint density at radius 3 is 2.70 bits per heavy atom. The van der Waals surface area contributed by atoms with Crippen LogP contribution in [0.15, 0.2) is 4.52 Å². The summed E-state index contributed by atoms with van der Waals surface area (Å²) in [5.41, 5.74) is 1.89. The predicted octanol–water partition coefficient (Wildman–Crippen LogP) is 1.95. The van der Waals surface area contributed by atoms with E-state index in [0.717, 1.165) is 23.4 Å². The highest BCUT2D eigenvalue weighted by atomic mass is 32.2. The van der Waals surface area contributed by atoms with Gasteiger partial charge in [-0.1, -0.05) is 12.1 Å². The number of carbonyl (C=O) groups excluding carboxylic acids is 1. The summed E-state index contributed by atoms with van der Waals surface area (Å²) >= 11 is 1.52. The molecule has 1 amide bonds. The van der Waals surface area contributed by atoms with Gasteiger partial charge in [-0.15, -0.1) is 11.8 Å². The van der Waals surface area contributed by atoms with Crippen molar-refractivity contribution in [3.63, 3.8) is 0 Å². The van der Waals surface area contributed by atoms with Gasteiger partial charge in [0.05, 0.1) is 23.0 Å². The molecule has 0 aliphatic carbocycles. The van der Waals surface area contributed by atoms with Crippen molar-refractivity contribution in [1.82, 2.24) is 10.1 Å². The third-order valence-electron chi connectivity index (χ3n) is 4.09. The minimum Gasteiger partial charge on any atom is -0.361 e. The van der Waals surface area contributed by atoms with Gasteiger partial charge in [-0.25, -0.2) is 8.42 Å². The third-order valence-corrected chi connectivity index (χ3v) is 6.78. The second kappa shape index (κ2) is 7.70. The smallest absolute Gasteiger partial charge is 0.232 e. The van der Waals surface area contributed by atoms with Gasteiger partial charge in [-0.2, -0.15) is 0 Å². The van der Waals surface area contributed by atoms with E-state index in [1.807, 2.05) is 20.8 Å². The standard InChI is InChI=1S/C15H24N2O4S2/c1-4-6-17(13-5-7-23(19,20)10-13)15(18)9-22-8-14-11(2)16-21-12(14)3/h13H,4-10H2,1-3H3/t13-/m0/s1. The first-order chi connectivity index (χ1) is 10.8. The summed E-state index contributed by atoms with van der Waals surface area (Å²) in [4.78, 5) is 14.3. The summed E-state index contributed by atoms with van der Waals surface area (Å²) in [6, 6.07) is -0.160. The first kappa shape index (κ1) is 18.3. The van der Waals surface area contributed by atoms with Gasteiger partial charge in [-0.05, 0) is 26.7 Å². The van der Waals surface area contributed by atoms with E-state index in [2.05, 4.69) is 5.16 Å². The quantitative estimate of drug-likeness (QED) is 0.739. The molecule has 6 nitrogen and oxygen atoms in total. The molecule has 1 saturated heterocycles. The molecular weight excluding hydrogens is 336 g/mol. The van der Waals surface area contributed by atoms with Gasteiger partial charge < -0.3 is 9.42 Å². The fourth-order valence-electron chi connectivity index (χ4n) is 2.80. The van der Waals surface area contributed by atoms with Gasteiger partial charge >= 0.3 is 0 Å². The van der Waals surface area contributed by atoms with Crippen LogP contribution in [0.2, 0.25) is 0 Å². The average Bonchev–Trinajstić information content (AvgIpc) is 3.00. The van der Waals surface area contributed by atoms with Crippen LogP contribution in [0.3, 0.4) is 0 Å². The molecule has 23 heavy (non-hydrogen) atoms. The van der Waals surface area contributed by atoms with Crippen LogP contribution in [0.5, 0.6) is 0 Å². The Kier molecular flexibility index (Phi) is 6.13. The largest absolute Gasteiger partial charge is 0.361 e. The van der Waals surface area contributed by atoms with E-state index in [1.165, 1.54) is 11.8 Å². The Balaban J connectivity index is 1.91. The SMILES string of the molecule is CCCN(C(=O)CSCc1c(C)noc1C)[C@H]1CCS(=O)(=O)C1. The van der Waals surface area contributed by atoms with E-state index in [9.17, 15) is 13.2 Å². The number of thioether (sulfide) groups is 1. The molecule has 0 spiro atoms. The third kappa shape index (κ3) is 4.73. The van der Waals surface area contributed by atoms with Crippen molar-refractivity contribution in [1.29, 1.82) is 0 Å². The number of hydrogen-bond donors (Lipinski definition) is 0. The summed E-state index contributed by atoms with van der Waals surface area (Å²) in [6.45, 7) is 6.37. The van der Waals surface area contributed by atoms with Crippen LogP contribution in [-0.2, 0) is 20.4 Å². The number of aromatic nitrogens is 1. The van der Waals surface area contributed by atoms with Crippen LogP contribution in [0.1, 0.15) is 36.8 Å². The van der Waals surface area contributed by atoms with Crippen LogP contribution >= 0.6 is 11.8 Å². The first-order valence-corrected chi connectivity index (χ1v) is 10.8. The normalized spacial score (nSPS) is 19.9. The molecule has 0 radical (unpaired) electrons. The van der Waals surface area contributed by atoms with Gasteiger partial charge in [0.1, 0.15) is 5.76 Å². The van der Waals surface area contributed by atoms with Crippen LogP contribution < -0.4 is 0 Å². The number of carbonyl (C=O) groups is 1. The van der Waals surface area contributed by atoms with E-state index in [1.54, 1.807) is 4.90 Å². The molecule has 2 rings (SSSR count). The maximum absolute atomic E-state index is 12.5. The van der Waals surface area contributed by atoms with Gasteiger partial charge in [0, 0.05) is 23.9 Å². The summed E-state index contributed by atoms with van der Waals surface area (Å²) in [5, 5.41) is 3.91. The highest BCUT2D eigenvalue weighted by molar-refractivity contribution is 7.99. The number of rotatable bonds is 7. The molecular formula is C15H24N2O4S2. The van der Waals surface area contributed by atoms with Crippen molar-refractivity contribution in [2.45, 2.75) is 45.4 Å². The summed E-state index contributed by atoms with van der Waals surface area (Å²) < 4.78 is 28.4. The first-order valence-electron chi connectivity index (χ1n) is 7.83. The van der Waals surface area contributed by atoms with Crippen LogP contribution in [0.25, 0.3) is 0 Å². The van der Waals surface area contributed by atoms with Crippen molar-refractivity contribution >= 4 is 27.5 Å². The van der Waals surface area contributed by atoms with E-state index in [0.29, 0.717) is 24.5 Å². The number of sulfone groups is 1. The zero-order chi connectivity index (χ0) is 17.0. The number of hydrogen-bond acceptors (Lipinski definition) is 6. The van der Waals surface area contributed by atoms with Gasteiger partial charge in [0.2, 0.25) is 5.91 Å². The minimum atomic E-state index is -2.98. The molecule has 8 heteroatoms. The summed E-state index contributed by atoms with van der Waals surface area (Å²) in [5.74, 6) is 2.13. The zero-order valence-electron chi connectivity index (χ0n) is 13.9. The maximum atomic E-state index is 12.5. The molecule has 0 aromatic carbocycles. The van der Waals surface area contributed by atoms with Crippen LogP contribution in [0, 0.1) is 13.8 Å². The van der Waals surface area contributed by atoms with Crippen molar-refractivity contribution in [3.8, 4) is 0 Å². The van der Waals surface area contributed by atoms with Gasteiger partial charge in [0.15, 0.2) is 9.84 Å². The second-order valence-electron chi connectivity index (χ2n) is 5.94. The molecule has 1 aliphatic rings. The minimum absolute atomic E-state index is 0.0192. The Labute approximate surface area is 141 Å². The number of aryl methyl sites for hydroxylation is 2. The second-order valence-corrected chi connectivity index (χ2v) is 9.15. The molecule has 1 fully saturated rings. The molecule has 1 aromatic heterocycles. The van der Waals surface area contributed by atoms with E-state index in [-0.39, 0.29) is 23.5 Å². The average molecular weight is 361 g/mol. The lowest BCUT2D eigenvalue weighted by atomic mass is 10.2. The molecule has 0 bridgehead atoms. The molecule has 2 heterocycles. The lowest BCUT2D eigenvalue weighted by Gasteiger charge is -2.27. The molecule has 1 aromatic rings. The Morgan fingerprint density at radius 2 is 2.17 bits per heavy atom. The van der Waals surface area contributed by atoms with E-state index >= 15 is 0 Å².